The molecule has 1 aromatic rings. The van der Waals surface area contributed by atoms with Crippen LogP contribution in [0.5, 0.6) is 0 Å². The predicted octanol–water partition coefficient (Wildman–Crippen LogP) is 10.1. The first-order valence-corrected chi connectivity index (χ1v) is 18.8. The van der Waals surface area contributed by atoms with Crippen LogP contribution >= 0.6 is 0 Å². The highest BCUT2D eigenvalue weighted by molar-refractivity contribution is 6.95. The Morgan fingerprint density at radius 1 is 0.658 bits per heavy atom. The van der Waals surface area contributed by atoms with Crippen molar-refractivity contribution in [1.82, 2.24) is 0 Å². The third kappa shape index (κ3) is 8.21. The van der Waals surface area contributed by atoms with E-state index in [9.17, 15) is 0 Å². The molecular weight excluding hydrogens is 479 g/mol. The summed E-state index contributed by atoms with van der Waals surface area (Å²) in [4.78, 5) is 0. The average Bonchev–Trinajstić information content (AvgIpc) is 3.10. The second-order valence-electron chi connectivity index (χ2n) is 13.0. The van der Waals surface area contributed by atoms with Crippen LogP contribution in [0.1, 0.15) is 132 Å². The summed E-state index contributed by atoms with van der Waals surface area (Å²) >= 11 is 0. The lowest BCUT2D eigenvalue weighted by Crippen LogP contribution is -2.44. The van der Waals surface area contributed by atoms with Gasteiger partial charge in [-0.25, -0.2) is 0 Å². The maximum absolute atomic E-state index is 6.78. The molecule has 0 aliphatic carbocycles. The van der Waals surface area contributed by atoms with Crippen LogP contribution < -0.4 is 5.19 Å². The van der Waals surface area contributed by atoms with Crippen molar-refractivity contribution in [3.63, 3.8) is 0 Å². The lowest BCUT2D eigenvalue weighted by Gasteiger charge is -2.33. The van der Waals surface area contributed by atoms with Crippen molar-refractivity contribution in [2.75, 3.05) is 0 Å². The van der Waals surface area contributed by atoms with Crippen molar-refractivity contribution in [2.45, 2.75) is 157 Å². The summed E-state index contributed by atoms with van der Waals surface area (Å²) in [5, 5.41) is 3.33. The standard InChI is InChI=1S/C34H59BO2Si/c1-11-15-24-29(31(26-17-13-3)35-36-33(5,6)34(7,8)37-35)30(25-16-12-2)32(27-18-14-4)38(9,10)28-22-20-19-21-23-28/h19-23H,11-18,24-27H2,1-10H3/b31-29-,32-30-. The lowest BCUT2D eigenvalue weighted by molar-refractivity contribution is 0.00578. The molecule has 0 amide bonds. The number of hydrogen-bond acceptors (Lipinski definition) is 2. The van der Waals surface area contributed by atoms with Gasteiger partial charge in [0.15, 0.2) is 0 Å². The third-order valence-corrected chi connectivity index (χ3v) is 12.9. The molecule has 38 heavy (non-hydrogen) atoms. The van der Waals surface area contributed by atoms with Crippen LogP contribution in [0.3, 0.4) is 0 Å². The molecule has 0 aromatic heterocycles. The Bertz CT molecular complexity index is 898. The van der Waals surface area contributed by atoms with E-state index >= 15 is 0 Å². The van der Waals surface area contributed by atoms with Crippen molar-refractivity contribution in [1.29, 1.82) is 0 Å². The van der Waals surface area contributed by atoms with Gasteiger partial charge in [-0.1, -0.05) is 120 Å². The maximum Gasteiger partial charge on any atom is 0.490 e. The van der Waals surface area contributed by atoms with Gasteiger partial charge in [-0.05, 0) is 82.8 Å². The molecule has 1 heterocycles. The molecule has 0 spiro atoms. The molecule has 214 valence electrons. The van der Waals surface area contributed by atoms with Crippen LogP contribution in [0.15, 0.2) is 52.1 Å². The first-order chi connectivity index (χ1) is 18.0. The molecule has 1 aliphatic heterocycles. The van der Waals surface area contributed by atoms with Gasteiger partial charge in [-0.15, -0.1) is 0 Å². The van der Waals surface area contributed by atoms with Gasteiger partial charge in [0.1, 0.15) is 8.07 Å². The number of rotatable bonds is 16. The van der Waals surface area contributed by atoms with Gasteiger partial charge in [-0.3, -0.25) is 0 Å². The van der Waals surface area contributed by atoms with E-state index in [2.05, 4.69) is 98.8 Å². The summed E-state index contributed by atoms with van der Waals surface area (Å²) < 4.78 is 13.6. The second-order valence-corrected chi connectivity index (χ2v) is 17.4. The number of benzene rings is 1. The summed E-state index contributed by atoms with van der Waals surface area (Å²) in [6.45, 7) is 23.3. The van der Waals surface area contributed by atoms with Crippen LogP contribution in [0.2, 0.25) is 13.1 Å². The van der Waals surface area contributed by atoms with E-state index in [-0.39, 0.29) is 18.3 Å². The first kappa shape index (κ1) is 33.1. The van der Waals surface area contributed by atoms with Gasteiger partial charge in [0.2, 0.25) is 0 Å². The van der Waals surface area contributed by atoms with Crippen molar-refractivity contribution in [3.8, 4) is 0 Å². The Morgan fingerprint density at radius 3 is 1.61 bits per heavy atom. The highest BCUT2D eigenvalue weighted by atomic mass is 28.3. The number of allylic oxidation sites excluding steroid dienone is 4. The Kier molecular flexibility index (Phi) is 13.1. The fraction of sp³-hybridized carbons (Fsp3) is 0.706. The fourth-order valence-corrected chi connectivity index (χ4v) is 8.89. The Morgan fingerprint density at radius 2 is 1.11 bits per heavy atom. The van der Waals surface area contributed by atoms with Crippen LogP contribution in [-0.4, -0.2) is 26.4 Å². The zero-order valence-corrected chi connectivity index (χ0v) is 27.8. The summed E-state index contributed by atoms with van der Waals surface area (Å²) in [6.07, 6.45) is 14.3. The van der Waals surface area contributed by atoms with Crippen molar-refractivity contribution >= 4 is 20.4 Å². The Hall–Kier alpha value is -1.10. The Balaban J connectivity index is 2.88. The number of unbranched alkanes of at least 4 members (excludes halogenated alkanes) is 4. The van der Waals surface area contributed by atoms with Crippen molar-refractivity contribution in [2.24, 2.45) is 0 Å². The predicted molar refractivity (Wildman–Crippen MR) is 172 cm³/mol. The van der Waals surface area contributed by atoms with Crippen LogP contribution in [-0.2, 0) is 9.31 Å². The smallest absolute Gasteiger partial charge is 0.400 e. The van der Waals surface area contributed by atoms with Crippen molar-refractivity contribution < 1.29 is 9.31 Å². The molecule has 2 nitrogen and oxygen atoms in total. The van der Waals surface area contributed by atoms with E-state index in [1.54, 1.807) is 21.5 Å². The average molecular weight is 539 g/mol. The first-order valence-electron chi connectivity index (χ1n) is 15.8. The summed E-state index contributed by atoms with van der Waals surface area (Å²) in [6, 6.07) is 11.4. The maximum atomic E-state index is 6.78. The molecule has 0 N–H and O–H groups in total. The monoisotopic (exact) mass is 538 g/mol. The van der Waals surface area contributed by atoms with E-state index in [4.69, 9.17) is 9.31 Å². The van der Waals surface area contributed by atoms with E-state index in [1.807, 2.05) is 0 Å². The summed E-state index contributed by atoms with van der Waals surface area (Å²) in [5.74, 6) is 0. The van der Waals surface area contributed by atoms with Crippen LogP contribution in [0, 0.1) is 0 Å². The third-order valence-electron chi connectivity index (χ3n) is 9.04. The topological polar surface area (TPSA) is 18.5 Å². The molecule has 1 saturated heterocycles. The highest BCUT2D eigenvalue weighted by Crippen LogP contribution is 2.43. The van der Waals surface area contributed by atoms with Gasteiger partial charge < -0.3 is 9.31 Å². The van der Waals surface area contributed by atoms with E-state index < -0.39 is 8.07 Å². The van der Waals surface area contributed by atoms with Gasteiger partial charge in [0.05, 0.1) is 11.2 Å². The van der Waals surface area contributed by atoms with Gasteiger partial charge in [-0.2, -0.15) is 0 Å². The zero-order chi connectivity index (χ0) is 28.4. The molecule has 1 aliphatic rings. The quantitative estimate of drug-likeness (QED) is 0.154. The largest absolute Gasteiger partial charge is 0.490 e. The summed E-state index contributed by atoms with van der Waals surface area (Å²) in [5.41, 5.74) is 4.07. The molecule has 1 fully saturated rings. The normalized spacial score (nSPS) is 18.4. The highest BCUT2D eigenvalue weighted by Gasteiger charge is 2.52. The van der Waals surface area contributed by atoms with E-state index in [0.717, 1.165) is 12.8 Å². The minimum absolute atomic E-state index is 0.246. The van der Waals surface area contributed by atoms with Gasteiger partial charge >= 0.3 is 7.12 Å². The SMILES string of the molecule is CCCCC(=C(\CCCC)[Si](C)(C)c1ccccc1)/C(CCCC)=C(/CCCC)B1OC(C)(C)C(C)(C)O1. The molecule has 0 radical (unpaired) electrons. The molecule has 1 aromatic carbocycles. The van der Waals surface area contributed by atoms with E-state index in [0.29, 0.717) is 0 Å². The molecule has 0 atom stereocenters. The minimum Gasteiger partial charge on any atom is -0.400 e. The Labute approximate surface area is 238 Å². The molecule has 4 heteroatoms. The second kappa shape index (κ2) is 15.1. The summed E-state index contributed by atoms with van der Waals surface area (Å²) in [7, 11) is -2.12. The number of hydrogen-bond donors (Lipinski definition) is 0. The van der Waals surface area contributed by atoms with E-state index in [1.165, 1.54) is 69.7 Å². The van der Waals surface area contributed by atoms with Gasteiger partial charge in [0.25, 0.3) is 0 Å². The lowest BCUT2D eigenvalue weighted by atomic mass is 9.69. The molecule has 0 saturated carbocycles. The van der Waals surface area contributed by atoms with Crippen molar-refractivity contribution in [3.05, 3.63) is 52.1 Å². The molecule has 0 unspecified atom stereocenters. The van der Waals surface area contributed by atoms with Crippen LogP contribution in [0.4, 0.5) is 0 Å². The molecule has 0 bridgehead atoms. The molecular formula is C34H59BO2Si. The molecule has 2 rings (SSSR count). The van der Waals surface area contributed by atoms with Gasteiger partial charge in [0, 0.05) is 0 Å². The fourth-order valence-electron chi connectivity index (χ4n) is 5.68. The minimum atomic E-state index is -1.87. The zero-order valence-electron chi connectivity index (χ0n) is 26.8. The van der Waals surface area contributed by atoms with Crippen LogP contribution in [0.25, 0.3) is 0 Å².